The maximum absolute atomic E-state index is 12.2. The van der Waals surface area contributed by atoms with Crippen molar-refractivity contribution < 1.29 is 28.6 Å². The zero-order valence-electron chi connectivity index (χ0n) is 13.6. The molecule has 0 aliphatic carbocycles. The predicted molar refractivity (Wildman–Crippen MR) is 90.6 cm³/mol. The number of esters is 1. The van der Waals surface area contributed by atoms with Gasteiger partial charge in [0.05, 0.1) is 11.9 Å². The van der Waals surface area contributed by atoms with E-state index in [0.717, 1.165) is 0 Å². The van der Waals surface area contributed by atoms with Crippen LogP contribution in [0, 0.1) is 0 Å². The van der Waals surface area contributed by atoms with Crippen LogP contribution in [-0.4, -0.2) is 48.2 Å². The van der Waals surface area contributed by atoms with Gasteiger partial charge in [-0.3, -0.25) is 9.59 Å². The first kappa shape index (κ1) is 17.4. The molecule has 0 radical (unpaired) electrons. The van der Waals surface area contributed by atoms with Crippen LogP contribution in [0.3, 0.4) is 0 Å². The van der Waals surface area contributed by atoms with E-state index < -0.39 is 17.3 Å². The van der Waals surface area contributed by atoms with Crippen LogP contribution in [0.5, 0.6) is 11.5 Å². The summed E-state index contributed by atoms with van der Waals surface area (Å²) in [5, 5.41) is 4.80. The second-order valence-electron chi connectivity index (χ2n) is 5.46. The second kappa shape index (κ2) is 7.64. The monoisotopic (exact) mass is 366 g/mol. The molecular weight excluding hydrogens is 348 g/mol. The minimum Gasteiger partial charge on any atom is -0.464 e. The molecule has 0 aromatic heterocycles. The zero-order valence-corrected chi connectivity index (χ0v) is 14.4. The van der Waals surface area contributed by atoms with E-state index in [1.54, 1.807) is 25.1 Å². The predicted octanol–water partition coefficient (Wildman–Crippen LogP) is 0.907. The van der Waals surface area contributed by atoms with Crippen molar-refractivity contribution in [1.82, 2.24) is 5.32 Å². The van der Waals surface area contributed by atoms with Gasteiger partial charge in [-0.25, -0.2) is 4.79 Å². The number of hydrogen-bond acceptors (Lipinski definition) is 7. The fourth-order valence-electron chi connectivity index (χ4n) is 2.47. The number of fused-ring (bicyclic) bond motifs is 1. The average molecular weight is 366 g/mol. The number of carbonyl (C=O) groups is 3. The number of carbonyl (C=O) groups excluding carboxylic acids is 3. The molecular formula is C16H18N2O6S. The van der Waals surface area contributed by atoms with Crippen LogP contribution in [0.2, 0.25) is 0 Å². The van der Waals surface area contributed by atoms with E-state index >= 15 is 0 Å². The van der Waals surface area contributed by atoms with E-state index in [1.807, 2.05) is 0 Å². The van der Waals surface area contributed by atoms with Crippen molar-refractivity contribution in [3.63, 3.8) is 0 Å². The first-order valence-corrected chi connectivity index (χ1v) is 8.90. The van der Waals surface area contributed by atoms with E-state index in [-0.39, 0.29) is 31.6 Å². The summed E-state index contributed by atoms with van der Waals surface area (Å²) in [5.41, 5.74) is 0.569. The lowest BCUT2D eigenvalue weighted by Crippen LogP contribution is -2.51. The Hall–Kier alpha value is -2.42. The SMILES string of the molecule is CCOC(=O)[C@H]1CS[C@@H](CC(=O)Nc2ccc3c(c2)OCO3)C(=O)N1. The van der Waals surface area contributed by atoms with Crippen LogP contribution in [0.15, 0.2) is 18.2 Å². The van der Waals surface area contributed by atoms with Crippen molar-refractivity contribution in [1.29, 1.82) is 0 Å². The molecule has 134 valence electrons. The molecule has 3 rings (SSSR count). The summed E-state index contributed by atoms with van der Waals surface area (Å²) in [6.45, 7) is 2.13. The second-order valence-corrected chi connectivity index (χ2v) is 6.69. The van der Waals surface area contributed by atoms with Crippen molar-refractivity contribution in [2.75, 3.05) is 24.5 Å². The Morgan fingerprint density at radius 3 is 2.92 bits per heavy atom. The normalized spacial score (nSPS) is 21.4. The van der Waals surface area contributed by atoms with Gasteiger partial charge in [-0.05, 0) is 19.1 Å². The Balaban J connectivity index is 1.52. The topological polar surface area (TPSA) is 103 Å². The molecule has 2 amide bonds. The maximum Gasteiger partial charge on any atom is 0.329 e. The number of benzene rings is 1. The van der Waals surface area contributed by atoms with Gasteiger partial charge in [0, 0.05) is 23.9 Å². The van der Waals surface area contributed by atoms with Gasteiger partial charge in [0.15, 0.2) is 11.5 Å². The van der Waals surface area contributed by atoms with Crippen LogP contribution in [0.25, 0.3) is 0 Å². The van der Waals surface area contributed by atoms with Crippen molar-refractivity contribution in [3.05, 3.63) is 18.2 Å². The van der Waals surface area contributed by atoms with Crippen molar-refractivity contribution >= 4 is 35.2 Å². The van der Waals surface area contributed by atoms with Gasteiger partial charge in [-0.1, -0.05) is 0 Å². The smallest absolute Gasteiger partial charge is 0.329 e. The minimum absolute atomic E-state index is 0.0144. The summed E-state index contributed by atoms with van der Waals surface area (Å²) in [4.78, 5) is 35.9. The van der Waals surface area contributed by atoms with Crippen molar-refractivity contribution in [3.8, 4) is 11.5 Å². The molecule has 1 saturated heterocycles. The van der Waals surface area contributed by atoms with E-state index in [9.17, 15) is 14.4 Å². The molecule has 0 spiro atoms. The van der Waals surface area contributed by atoms with Crippen LogP contribution in [0.4, 0.5) is 5.69 Å². The molecule has 1 aromatic rings. The number of anilines is 1. The lowest BCUT2D eigenvalue weighted by Gasteiger charge is -2.27. The molecule has 0 saturated carbocycles. The molecule has 25 heavy (non-hydrogen) atoms. The van der Waals surface area contributed by atoms with Crippen LogP contribution < -0.4 is 20.1 Å². The molecule has 2 N–H and O–H groups in total. The number of amides is 2. The molecule has 2 aliphatic heterocycles. The number of ether oxygens (including phenoxy) is 3. The molecule has 9 heteroatoms. The number of rotatable bonds is 5. The highest BCUT2D eigenvalue weighted by Crippen LogP contribution is 2.34. The third kappa shape index (κ3) is 4.16. The average Bonchev–Trinajstić information content (AvgIpc) is 3.04. The first-order chi connectivity index (χ1) is 12.1. The first-order valence-electron chi connectivity index (χ1n) is 7.85. The summed E-state index contributed by atoms with van der Waals surface area (Å²) < 4.78 is 15.4. The summed E-state index contributed by atoms with van der Waals surface area (Å²) in [6, 6.07) is 4.43. The van der Waals surface area contributed by atoms with Crippen LogP contribution >= 0.6 is 11.8 Å². The third-order valence-corrected chi connectivity index (χ3v) is 4.98. The van der Waals surface area contributed by atoms with Crippen molar-refractivity contribution in [2.45, 2.75) is 24.6 Å². The summed E-state index contributed by atoms with van der Waals surface area (Å²) in [5.74, 6) is 0.500. The highest BCUT2D eigenvalue weighted by molar-refractivity contribution is 8.00. The highest BCUT2D eigenvalue weighted by Gasteiger charge is 2.34. The van der Waals surface area contributed by atoms with Gasteiger partial charge in [0.1, 0.15) is 6.04 Å². The molecule has 2 heterocycles. The molecule has 2 atom stereocenters. The molecule has 0 bridgehead atoms. The van der Waals surface area contributed by atoms with Gasteiger partial charge in [0.25, 0.3) is 0 Å². The maximum atomic E-state index is 12.2. The van der Waals surface area contributed by atoms with E-state index in [1.165, 1.54) is 11.8 Å². The van der Waals surface area contributed by atoms with Gasteiger partial charge >= 0.3 is 5.97 Å². The Labute approximate surface area is 148 Å². The van der Waals surface area contributed by atoms with E-state index in [2.05, 4.69) is 10.6 Å². The van der Waals surface area contributed by atoms with Gasteiger partial charge in [0.2, 0.25) is 18.6 Å². The summed E-state index contributed by atoms with van der Waals surface area (Å²) in [6.07, 6.45) is 0.0144. The molecule has 8 nitrogen and oxygen atoms in total. The third-order valence-electron chi connectivity index (χ3n) is 3.67. The van der Waals surface area contributed by atoms with E-state index in [0.29, 0.717) is 22.9 Å². The van der Waals surface area contributed by atoms with Crippen molar-refractivity contribution in [2.24, 2.45) is 0 Å². The lowest BCUT2D eigenvalue weighted by molar-refractivity contribution is -0.146. The Bertz CT molecular complexity index is 695. The Morgan fingerprint density at radius 1 is 1.36 bits per heavy atom. The van der Waals surface area contributed by atoms with Crippen LogP contribution in [0.1, 0.15) is 13.3 Å². The number of thioether (sulfide) groups is 1. The largest absolute Gasteiger partial charge is 0.464 e. The fraction of sp³-hybridized carbons (Fsp3) is 0.438. The summed E-state index contributed by atoms with van der Waals surface area (Å²) in [7, 11) is 0. The Kier molecular flexibility index (Phi) is 5.32. The van der Waals surface area contributed by atoms with Gasteiger partial charge in [-0.2, -0.15) is 0 Å². The minimum atomic E-state index is -0.661. The number of nitrogens with one attached hydrogen (secondary N) is 2. The van der Waals surface area contributed by atoms with Gasteiger partial charge in [-0.15, -0.1) is 11.8 Å². The standard InChI is InChI=1S/C16H18N2O6S/c1-2-22-16(21)10-7-25-13(15(20)18-10)6-14(19)17-9-3-4-11-12(5-9)24-8-23-11/h3-5,10,13H,2,6-8H2,1H3,(H,17,19)(H,18,20)/t10-,13+/m1/s1. The fourth-order valence-corrected chi connectivity index (χ4v) is 3.60. The van der Waals surface area contributed by atoms with E-state index in [4.69, 9.17) is 14.2 Å². The van der Waals surface area contributed by atoms with Gasteiger partial charge < -0.3 is 24.8 Å². The molecule has 2 aliphatic rings. The molecule has 1 aromatic carbocycles. The number of hydrogen-bond donors (Lipinski definition) is 2. The zero-order chi connectivity index (χ0) is 17.8. The molecule has 1 fully saturated rings. The highest BCUT2D eigenvalue weighted by atomic mass is 32.2. The van der Waals surface area contributed by atoms with Crippen LogP contribution in [-0.2, 0) is 19.1 Å². The molecule has 0 unspecified atom stereocenters. The lowest BCUT2D eigenvalue weighted by atomic mass is 10.2. The quantitative estimate of drug-likeness (QED) is 0.747. The Morgan fingerprint density at radius 2 is 2.16 bits per heavy atom. The summed E-state index contributed by atoms with van der Waals surface area (Å²) >= 11 is 1.27.